The molecular weight excluding hydrogens is 402 g/mol. The van der Waals surface area contributed by atoms with Gasteiger partial charge in [0.15, 0.2) is 10.8 Å². The summed E-state index contributed by atoms with van der Waals surface area (Å²) in [4.78, 5) is 33.9. The molecule has 1 amide bonds. The van der Waals surface area contributed by atoms with Crippen molar-refractivity contribution in [2.75, 3.05) is 12.4 Å². The SMILES string of the molecule is COC(=O)Cc1csc(NC(=O)c2cc(C3CC3)nc3c2c(C)nn3C(C)(C)C)n1. The van der Waals surface area contributed by atoms with Crippen molar-refractivity contribution in [3.63, 3.8) is 0 Å². The minimum Gasteiger partial charge on any atom is -0.469 e. The van der Waals surface area contributed by atoms with Crippen molar-refractivity contribution < 1.29 is 14.3 Å². The highest BCUT2D eigenvalue weighted by atomic mass is 32.1. The fourth-order valence-electron chi connectivity index (χ4n) is 3.37. The number of hydrogen-bond acceptors (Lipinski definition) is 7. The minimum absolute atomic E-state index is 0.0751. The van der Waals surface area contributed by atoms with E-state index < -0.39 is 0 Å². The van der Waals surface area contributed by atoms with Gasteiger partial charge in [-0.1, -0.05) is 0 Å². The van der Waals surface area contributed by atoms with Gasteiger partial charge in [-0.2, -0.15) is 5.10 Å². The van der Waals surface area contributed by atoms with Gasteiger partial charge in [0.25, 0.3) is 5.91 Å². The number of carbonyl (C=O) groups excluding carboxylic acids is 2. The van der Waals surface area contributed by atoms with Crippen LogP contribution in [0.1, 0.15) is 67.0 Å². The summed E-state index contributed by atoms with van der Waals surface area (Å²) in [6.45, 7) is 8.12. The van der Waals surface area contributed by atoms with Crippen LogP contribution >= 0.6 is 11.3 Å². The molecule has 0 spiro atoms. The Morgan fingerprint density at radius 2 is 2.03 bits per heavy atom. The largest absolute Gasteiger partial charge is 0.469 e. The number of rotatable bonds is 5. The van der Waals surface area contributed by atoms with E-state index in [9.17, 15) is 9.59 Å². The molecule has 1 saturated carbocycles. The summed E-state index contributed by atoms with van der Waals surface area (Å²) < 4.78 is 6.57. The highest BCUT2D eigenvalue weighted by molar-refractivity contribution is 7.14. The predicted molar refractivity (Wildman–Crippen MR) is 115 cm³/mol. The molecule has 9 heteroatoms. The van der Waals surface area contributed by atoms with E-state index in [0.717, 1.165) is 35.3 Å². The molecule has 3 aromatic heterocycles. The van der Waals surface area contributed by atoms with Gasteiger partial charge in [-0.15, -0.1) is 11.3 Å². The van der Waals surface area contributed by atoms with Crippen molar-refractivity contribution in [2.24, 2.45) is 0 Å². The first-order valence-electron chi connectivity index (χ1n) is 9.90. The minimum atomic E-state index is -0.367. The van der Waals surface area contributed by atoms with Crippen LogP contribution in [0.25, 0.3) is 11.0 Å². The lowest BCUT2D eigenvalue weighted by atomic mass is 10.1. The van der Waals surface area contributed by atoms with Gasteiger partial charge in [0.2, 0.25) is 0 Å². The molecule has 0 atom stereocenters. The lowest BCUT2D eigenvalue weighted by Gasteiger charge is -2.20. The van der Waals surface area contributed by atoms with Crippen molar-refractivity contribution in [3.05, 3.63) is 34.1 Å². The van der Waals surface area contributed by atoms with Crippen molar-refractivity contribution in [1.29, 1.82) is 0 Å². The number of esters is 1. The molecule has 8 nitrogen and oxygen atoms in total. The van der Waals surface area contributed by atoms with Crippen LogP contribution in [0.5, 0.6) is 0 Å². The zero-order chi connectivity index (χ0) is 21.6. The maximum absolute atomic E-state index is 13.2. The fraction of sp³-hybridized carbons (Fsp3) is 0.476. The summed E-state index contributed by atoms with van der Waals surface area (Å²) in [6.07, 6.45) is 2.25. The maximum Gasteiger partial charge on any atom is 0.311 e. The lowest BCUT2D eigenvalue weighted by Crippen LogP contribution is -2.23. The smallest absolute Gasteiger partial charge is 0.311 e. The Balaban J connectivity index is 1.72. The first-order chi connectivity index (χ1) is 14.2. The van der Waals surface area contributed by atoms with E-state index in [1.165, 1.54) is 18.4 Å². The number of fused-ring (bicyclic) bond motifs is 1. The zero-order valence-corrected chi connectivity index (χ0v) is 18.6. The van der Waals surface area contributed by atoms with Crippen LogP contribution in [0.4, 0.5) is 5.13 Å². The van der Waals surface area contributed by atoms with Crippen LogP contribution in [0, 0.1) is 6.92 Å². The summed E-state index contributed by atoms with van der Waals surface area (Å²) in [5.74, 6) is -0.218. The molecule has 0 unspecified atom stereocenters. The molecule has 0 aromatic carbocycles. The third kappa shape index (κ3) is 3.94. The highest BCUT2D eigenvalue weighted by Gasteiger charge is 2.30. The Morgan fingerprint density at radius 3 is 2.67 bits per heavy atom. The molecule has 1 N–H and O–H groups in total. The van der Waals surface area contributed by atoms with E-state index in [1.54, 1.807) is 5.38 Å². The normalized spacial score (nSPS) is 14.2. The third-order valence-electron chi connectivity index (χ3n) is 5.03. The Labute approximate surface area is 178 Å². The van der Waals surface area contributed by atoms with Crippen LogP contribution in [0.15, 0.2) is 11.4 Å². The van der Waals surface area contributed by atoms with Crippen LogP contribution in [0.3, 0.4) is 0 Å². The molecule has 4 rings (SSSR count). The van der Waals surface area contributed by atoms with E-state index in [4.69, 9.17) is 4.98 Å². The second-order valence-electron chi connectivity index (χ2n) is 8.59. The Hall–Kier alpha value is -2.81. The number of anilines is 1. The predicted octanol–water partition coefficient (Wildman–Crippen LogP) is 3.80. The van der Waals surface area contributed by atoms with Crippen LogP contribution in [-0.4, -0.2) is 38.7 Å². The number of amides is 1. The number of carbonyl (C=O) groups is 2. The van der Waals surface area contributed by atoms with Gasteiger partial charge >= 0.3 is 5.97 Å². The van der Waals surface area contributed by atoms with Gasteiger partial charge in [0.05, 0.1) is 41.4 Å². The number of thiazole rings is 1. The van der Waals surface area contributed by atoms with Gasteiger partial charge in [-0.3, -0.25) is 14.9 Å². The van der Waals surface area contributed by atoms with Gasteiger partial charge in [-0.25, -0.2) is 14.6 Å². The summed E-state index contributed by atoms with van der Waals surface area (Å²) in [6, 6.07) is 1.89. The summed E-state index contributed by atoms with van der Waals surface area (Å²) in [7, 11) is 1.34. The molecule has 0 bridgehead atoms. The molecule has 0 saturated heterocycles. The first-order valence-corrected chi connectivity index (χ1v) is 10.8. The number of nitrogens with one attached hydrogen (secondary N) is 1. The zero-order valence-electron chi connectivity index (χ0n) is 17.8. The molecule has 30 heavy (non-hydrogen) atoms. The van der Waals surface area contributed by atoms with Crippen molar-refractivity contribution in [1.82, 2.24) is 19.7 Å². The van der Waals surface area contributed by atoms with Crippen molar-refractivity contribution >= 4 is 39.4 Å². The number of hydrogen-bond donors (Lipinski definition) is 1. The average Bonchev–Trinajstić information content (AvgIpc) is 3.36. The molecule has 1 aliphatic carbocycles. The molecule has 0 aliphatic heterocycles. The van der Waals surface area contributed by atoms with Crippen LogP contribution < -0.4 is 5.32 Å². The highest BCUT2D eigenvalue weighted by Crippen LogP contribution is 2.41. The van der Waals surface area contributed by atoms with Crippen molar-refractivity contribution in [2.45, 2.75) is 58.4 Å². The van der Waals surface area contributed by atoms with Crippen LogP contribution in [0.2, 0.25) is 0 Å². The van der Waals surface area contributed by atoms with E-state index in [0.29, 0.717) is 22.3 Å². The lowest BCUT2D eigenvalue weighted by molar-refractivity contribution is -0.139. The van der Waals surface area contributed by atoms with E-state index in [1.807, 2.05) is 17.7 Å². The van der Waals surface area contributed by atoms with Crippen LogP contribution in [-0.2, 0) is 21.5 Å². The molecule has 1 aliphatic rings. The quantitative estimate of drug-likeness (QED) is 0.622. The topological polar surface area (TPSA) is 99.0 Å². The molecule has 158 valence electrons. The second-order valence-corrected chi connectivity index (χ2v) is 9.44. The van der Waals surface area contributed by atoms with Crippen molar-refractivity contribution in [3.8, 4) is 0 Å². The number of ether oxygens (including phenoxy) is 1. The molecular formula is C21H25N5O3S. The summed E-state index contributed by atoms with van der Waals surface area (Å²) >= 11 is 1.28. The summed E-state index contributed by atoms with van der Waals surface area (Å²) in [5.41, 5.74) is 3.30. The fourth-order valence-corrected chi connectivity index (χ4v) is 4.08. The number of aryl methyl sites for hydroxylation is 1. The number of pyridine rings is 1. The van der Waals surface area contributed by atoms with E-state index >= 15 is 0 Å². The number of methoxy groups -OCH3 is 1. The van der Waals surface area contributed by atoms with Gasteiger partial charge in [-0.05, 0) is 46.6 Å². The van der Waals surface area contributed by atoms with Gasteiger partial charge < -0.3 is 4.74 Å². The Kier molecular flexibility index (Phi) is 5.09. The molecule has 1 fully saturated rings. The van der Waals surface area contributed by atoms with Gasteiger partial charge in [0.1, 0.15) is 0 Å². The average molecular weight is 428 g/mol. The molecule has 3 heterocycles. The Morgan fingerprint density at radius 1 is 1.30 bits per heavy atom. The van der Waals surface area contributed by atoms with Gasteiger partial charge in [0, 0.05) is 17.0 Å². The summed E-state index contributed by atoms with van der Waals surface area (Å²) in [5, 5.41) is 10.5. The monoisotopic (exact) mass is 427 g/mol. The molecule has 0 radical (unpaired) electrons. The second kappa shape index (κ2) is 7.46. The standard InChI is InChI=1S/C21H25N5O3S/c1-11-17-14(19(28)24-20-22-13(10-30-20)8-16(27)29-5)9-15(12-6-7-12)23-18(17)26(25-11)21(2,3)4/h9-10,12H,6-8H2,1-5H3,(H,22,24,28). The Bertz CT molecular complexity index is 1140. The number of aromatic nitrogens is 4. The van der Waals surface area contributed by atoms with E-state index in [-0.39, 0.29) is 23.8 Å². The number of nitrogens with zero attached hydrogens (tertiary/aromatic N) is 4. The van der Waals surface area contributed by atoms with E-state index in [2.05, 4.69) is 40.9 Å². The molecule has 3 aromatic rings. The third-order valence-corrected chi connectivity index (χ3v) is 5.84. The first kappa shape index (κ1) is 20.5. The maximum atomic E-state index is 13.2.